The van der Waals surface area contributed by atoms with Gasteiger partial charge in [-0.2, -0.15) is 0 Å². The van der Waals surface area contributed by atoms with Gasteiger partial charge in [0.15, 0.2) is 0 Å². The summed E-state index contributed by atoms with van der Waals surface area (Å²) >= 11 is 0. The highest BCUT2D eigenvalue weighted by molar-refractivity contribution is 4.71. The van der Waals surface area contributed by atoms with E-state index in [-0.39, 0.29) is 0 Å². The minimum atomic E-state index is 0.839. The molecule has 0 aromatic rings. The van der Waals surface area contributed by atoms with E-state index in [1.807, 2.05) is 7.05 Å². The molecule has 0 aliphatic carbocycles. The summed E-state index contributed by atoms with van der Waals surface area (Å²) in [7, 11) is 2.03. The zero-order chi connectivity index (χ0) is 12.3. The van der Waals surface area contributed by atoms with Gasteiger partial charge in [0.25, 0.3) is 0 Å². The standard InChI is InChI=1S/C13H30N4/c1-15-7-3-5-9-17-12-10-16(11-13-17)8-4-2-6-14/h15H,2-14H2,1H3. The Hall–Kier alpha value is -0.160. The van der Waals surface area contributed by atoms with Crippen molar-refractivity contribution in [2.24, 2.45) is 5.73 Å². The molecule has 1 aliphatic rings. The van der Waals surface area contributed by atoms with E-state index < -0.39 is 0 Å². The lowest BCUT2D eigenvalue weighted by atomic mass is 10.2. The predicted molar refractivity (Wildman–Crippen MR) is 74.3 cm³/mol. The number of piperazine rings is 1. The number of hydrogen-bond donors (Lipinski definition) is 2. The molecule has 3 N–H and O–H groups in total. The van der Waals surface area contributed by atoms with Crippen molar-refractivity contribution in [3.8, 4) is 0 Å². The molecule has 102 valence electrons. The Labute approximate surface area is 107 Å². The summed E-state index contributed by atoms with van der Waals surface area (Å²) in [6, 6.07) is 0. The maximum absolute atomic E-state index is 5.51. The second-order valence-corrected chi connectivity index (χ2v) is 4.99. The SMILES string of the molecule is CNCCCCN1CCN(CCCCN)CC1. The number of nitrogens with two attached hydrogens (primary N) is 1. The van der Waals surface area contributed by atoms with Crippen LogP contribution < -0.4 is 11.1 Å². The van der Waals surface area contributed by atoms with Gasteiger partial charge in [-0.1, -0.05) is 0 Å². The molecule has 0 saturated carbocycles. The highest BCUT2D eigenvalue weighted by Gasteiger charge is 2.15. The molecule has 0 aromatic carbocycles. The van der Waals surface area contributed by atoms with E-state index in [0.29, 0.717) is 0 Å². The summed E-state index contributed by atoms with van der Waals surface area (Å²) in [4.78, 5) is 5.19. The summed E-state index contributed by atoms with van der Waals surface area (Å²) < 4.78 is 0. The first-order valence-corrected chi connectivity index (χ1v) is 7.16. The molecule has 0 amide bonds. The van der Waals surface area contributed by atoms with E-state index in [4.69, 9.17) is 5.73 Å². The fourth-order valence-corrected chi connectivity index (χ4v) is 2.35. The Morgan fingerprint density at radius 2 is 1.41 bits per heavy atom. The van der Waals surface area contributed by atoms with Crippen molar-refractivity contribution in [2.45, 2.75) is 25.7 Å². The smallest absolute Gasteiger partial charge is 0.0110 e. The molecule has 1 heterocycles. The van der Waals surface area contributed by atoms with Crippen LogP contribution in [0.25, 0.3) is 0 Å². The average molecular weight is 242 g/mol. The first-order valence-electron chi connectivity index (χ1n) is 7.16. The average Bonchev–Trinajstić information content (AvgIpc) is 2.37. The van der Waals surface area contributed by atoms with Crippen LogP contribution >= 0.6 is 0 Å². The lowest BCUT2D eigenvalue weighted by Gasteiger charge is -2.34. The van der Waals surface area contributed by atoms with Gasteiger partial charge in [0, 0.05) is 26.2 Å². The zero-order valence-corrected chi connectivity index (χ0v) is 11.5. The van der Waals surface area contributed by atoms with Gasteiger partial charge in [-0.15, -0.1) is 0 Å². The van der Waals surface area contributed by atoms with Crippen molar-refractivity contribution >= 4 is 0 Å². The Morgan fingerprint density at radius 1 is 0.882 bits per heavy atom. The maximum Gasteiger partial charge on any atom is 0.0110 e. The van der Waals surface area contributed by atoms with Crippen LogP contribution in [0.4, 0.5) is 0 Å². The van der Waals surface area contributed by atoms with Crippen molar-refractivity contribution in [1.29, 1.82) is 0 Å². The highest BCUT2D eigenvalue weighted by Crippen LogP contribution is 2.04. The summed E-state index contributed by atoms with van der Waals surface area (Å²) in [6.45, 7) is 9.51. The minimum absolute atomic E-state index is 0.839. The van der Waals surface area contributed by atoms with Gasteiger partial charge in [0.1, 0.15) is 0 Å². The van der Waals surface area contributed by atoms with Crippen molar-refractivity contribution in [3.05, 3.63) is 0 Å². The van der Waals surface area contributed by atoms with Crippen molar-refractivity contribution in [2.75, 3.05) is 59.4 Å². The maximum atomic E-state index is 5.51. The summed E-state index contributed by atoms with van der Waals surface area (Å²) in [5, 5.41) is 3.20. The van der Waals surface area contributed by atoms with E-state index >= 15 is 0 Å². The summed E-state index contributed by atoms with van der Waals surface area (Å²) in [6.07, 6.45) is 5.06. The molecule has 1 aliphatic heterocycles. The monoisotopic (exact) mass is 242 g/mol. The summed E-state index contributed by atoms with van der Waals surface area (Å²) in [5.74, 6) is 0. The van der Waals surface area contributed by atoms with Crippen LogP contribution in [-0.2, 0) is 0 Å². The third-order valence-electron chi connectivity index (χ3n) is 3.54. The predicted octanol–water partition coefficient (Wildman–Crippen LogP) is 0.343. The van der Waals surface area contributed by atoms with Gasteiger partial charge < -0.3 is 20.9 Å². The Bertz CT molecular complexity index is 167. The number of nitrogens with zero attached hydrogens (tertiary/aromatic N) is 2. The number of nitrogens with one attached hydrogen (secondary N) is 1. The van der Waals surface area contributed by atoms with Gasteiger partial charge in [-0.25, -0.2) is 0 Å². The van der Waals surface area contributed by atoms with Crippen molar-refractivity contribution < 1.29 is 0 Å². The van der Waals surface area contributed by atoms with Crippen LogP contribution in [0.1, 0.15) is 25.7 Å². The van der Waals surface area contributed by atoms with E-state index in [1.54, 1.807) is 0 Å². The van der Waals surface area contributed by atoms with Crippen LogP contribution in [0.3, 0.4) is 0 Å². The van der Waals surface area contributed by atoms with Gasteiger partial charge >= 0.3 is 0 Å². The van der Waals surface area contributed by atoms with Gasteiger partial charge in [-0.05, 0) is 58.9 Å². The molecule has 1 fully saturated rings. The number of hydrogen-bond acceptors (Lipinski definition) is 4. The normalized spacial score (nSPS) is 18.7. The van der Waals surface area contributed by atoms with Crippen LogP contribution in [-0.4, -0.2) is 69.2 Å². The van der Waals surface area contributed by atoms with E-state index in [0.717, 1.165) is 13.1 Å². The quantitative estimate of drug-likeness (QED) is 0.573. The molecule has 0 radical (unpaired) electrons. The number of unbranched alkanes of at least 4 members (excludes halogenated alkanes) is 2. The van der Waals surface area contributed by atoms with Crippen LogP contribution in [0.15, 0.2) is 0 Å². The molecule has 17 heavy (non-hydrogen) atoms. The Kier molecular flexibility index (Phi) is 8.61. The molecule has 4 nitrogen and oxygen atoms in total. The van der Waals surface area contributed by atoms with Crippen molar-refractivity contribution in [3.63, 3.8) is 0 Å². The molecule has 1 saturated heterocycles. The van der Waals surface area contributed by atoms with E-state index in [9.17, 15) is 0 Å². The van der Waals surface area contributed by atoms with Crippen LogP contribution in [0.5, 0.6) is 0 Å². The van der Waals surface area contributed by atoms with E-state index in [2.05, 4.69) is 15.1 Å². The molecule has 0 aromatic heterocycles. The molecule has 1 rings (SSSR count). The third kappa shape index (κ3) is 6.99. The topological polar surface area (TPSA) is 44.5 Å². The lowest BCUT2D eigenvalue weighted by molar-refractivity contribution is 0.129. The first-order chi connectivity index (χ1) is 8.36. The zero-order valence-electron chi connectivity index (χ0n) is 11.5. The molecule has 0 bridgehead atoms. The second-order valence-electron chi connectivity index (χ2n) is 4.99. The molecular weight excluding hydrogens is 212 g/mol. The Morgan fingerprint density at radius 3 is 1.88 bits per heavy atom. The Balaban J connectivity index is 1.97. The fourth-order valence-electron chi connectivity index (χ4n) is 2.35. The highest BCUT2D eigenvalue weighted by atomic mass is 15.3. The second kappa shape index (κ2) is 9.83. The number of rotatable bonds is 9. The first kappa shape index (κ1) is 14.9. The molecule has 0 atom stereocenters. The lowest BCUT2D eigenvalue weighted by Crippen LogP contribution is -2.46. The summed E-state index contributed by atoms with van der Waals surface area (Å²) in [5.41, 5.74) is 5.51. The fraction of sp³-hybridized carbons (Fsp3) is 1.00. The van der Waals surface area contributed by atoms with Gasteiger partial charge in [0.2, 0.25) is 0 Å². The largest absolute Gasteiger partial charge is 0.330 e. The minimum Gasteiger partial charge on any atom is -0.330 e. The van der Waals surface area contributed by atoms with Crippen molar-refractivity contribution in [1.82, 2.24) is 15.1 Å². The molecule has 4 heteroatoms. The van der Waals surface area contributed by atoms with Gasteiger partial charge in [0.05, 0.1) is 0 Å². The van der Waals surface area contributed by atoms with Crippen LogP contribution in [0.2, 0.25) is 0 Å². The van der Waals surface area contributed by atoms with E-state index in [1.165, 1.54) is 65.0 Å². The molecule has 0 unspecified atom stereocenters. The third-order valence-corrected chi connectivity index (χ3v) is 3.54. The van der Waals surface area contributed by atoms with Crippen LogP contribution in [0, 0.1) is 0 Å². The molecule has 0 spiro atoms. The molecular formula is C13H30N4. The van der Waals surface area contributed by atoms with Gasteiger partial charge in [-0.3, -0.25) is 0 Å².